The molecule has 1 saturated carbocycles. The predicted molar refractivity (Wildman–Crippen MR) is 65.3 cm³/mol. The van der Waals surface area contributed by atoms with Crippen LogP contribution in [0.5, 0.6) is 0 Å². The molecule has 1 aliphatic carbocycles. The van der Waals surface area contributed by atoms with E-state index in [1.54, 1.807) is 11.3 Å². The van der Waals surface area contributed by atoms with Crippen molar-refractivity contribution in [2.45, 2.75) is 38.2 Å². The van der Waals surface area contributed by atoms with Gasteiger partial charge in [0.1, 0.15) is 0 Å². The fraction of sp³-hybridized carbons (Fsp3) is 0.615. The first kappa shape index (κ1) is 11.6. The van der Waals surface area contributed by atoms with Crippen LogP contribution in [0.25, 0.3) is 0 Å². The molecule has 1 aromatic rings. The smallest absolute Gasteiger partial charge is 0.0733 e. The Morgan fingerprint density at radius 3 is 3.06 bits per heavy atom. The first-order valence-electron chi connectivity index (χ1n) is 5.94. The van der Waals surface area contributed by atoms with E-state index in [2.05, 4.69) is 23.6 Å². The first-order valence-corrected chi connectivity index (χ1v) is 6.81. The molecule has 0 bridgehead atoms. The van der Waals surface area contributed by atoms with Crippen molar-refractivity contribution in [3.8, 4) is 6.07 Å². The number of rotatable bonds is 4. The summed E-state index contributed by atoms with van der Waals surface area (Å²) < 4.78 is 5.84. The van der Waals surface area contributed by atoms with Crippen molar-refractivity contribution in [2.24, 2.45) is 5.92 Å². The van der Waals surface area contributed by atoms with Gasteiger partial charge in [0, 0.05) is 11.3 Å². The molecule has 1 fully saturated rings. The normalized spacial score (nSPS) is 25.2. The molecule has 0 aromatic carbocycles. The van der Waals surface area contributed by atoms with E-state index in [0.29, 0.717) is 0 Å². The van der Waals surface area contributed by atoms with E-state index in [0.717, 1.165) is 25.9 Å². The lowest BCUT2D eigenvalue weighted by Crippen LogP contribution is -2.27. The molecule has 0 amide bonds. The summed E-state index contributed by atoms with van der Waals surface area (Å²) in [6.45, 7) is 0.753. The minimum atomic E-state index is 0.122. The molecule has 0 aliphatic heterocycles. The van der Waals surface area contributed by atoms with Crippen molar-refractivity contribution < 1.29 is 4.74 Å². The standard InChI is InChI=1S/C13H17NOS/c14-10-11-4-1-2-6-13(11)15-8-7-12-5-3-9-16-12/h3,5,9,11,13H,1-2,4,6-8H2. The van der Waals surface area contributed by atoms with Crippen LogP contribution in [-0.2, 0) is 11.2 Å². The van der Waals surface area contributed by atoms with Crippen molar-refractivity contribution in [3.05, 3.63) is 22.4 Å². The summed E-state index contributed by atoms with van der Waals surface area (Å²) in [5.41, 5.74) is 0. The molecule has 3 heteroatoms. The van der Waals surface area contributed by atoms with Gasteiger partial charge >= 0.3 is 0 Å². The molecule has 0 spiro atoms. The molecule has 2 atom stereocenters. The molecule has 2 unspecified atom stereocenters. The van der Waals surface area contributed by atoms with Gasteiger partial charge in [0.25, 0.3) is 0 Å². The van der Waals surface area contributed by atoms with Gasteiger partial charge in [0.15, 0.2) is 0 Å². The third-order valence-electron chi connectivity index (χ3n) is 3.13. The van der Waals surface area contributed by atoms with Gasteiger partial charge in [-0.15, -0.1) is 11.3 Å². The molecule has 1 heterocycles. The molecule has 0 saturated heterocycles. The van der Waals surface area contributed by atoms with Gasteiger partial charge in [-0.2, -0.15) is 5.26 Å². The number of hydrogen-bond donors (Lipinski definition) is 0. The Bertz CT molecular complexity index is 341. The number of hydrogen-bond acceptors (Lipinski definition) is 3. The predicted octanol–water partition coefficient (Wildman–Crippen LogP) is 3.39. The molecule has 2 nitrogen and oxygen atoms in total. The van der Waals surface area contributed by atoms with Crippen molar-refractivity contribution in [3.63, 3.8) is 0 Å². The Morgan fingerprint density at radius 2 is 2.31 bits per heavy atom. The first-order chi connectivity index (χ1) is 7.90. The van der Waals surface area contributed by atoms with E-state index in [1.807, 2.05) is 0 Å². The van der Waals surface area contributed by atoms with Crippen molar-refractivity contribution in [2.75, 3.05) is 6.61 Å². The summed E-state index contributed by atoms with van der Waals surface area (Å²) in [5.74, 6) is 0.122. The SMILES string of the molecule is N#CC1CCCCC1OCCc1cccs1. The van der Waals surface area contributed by atoms with E-state index in [9.17, 15) is 0 Å². The number of thiophene rings is 1. The van der Waals surface area contributed by atoms with Gasteiger partial charge in [0.05, 0.1) is 24.7 Å². The summed E-state index contributed by atoms with van der Waals surface area (Å²) in [4.78, 5) is 1.37. The topological polar surface area (TPSA) is 33.0 Å². The second kappa shape index (κ2) is 6.03. The lowest BCUT2D eigenvalue weighted by Gasteiger charge is -2.26. The second-order valence-electron chi connectivity index (χ2n) is 4.26. The maximum atomic E-state index is 9.02. The maximum absolute atomic E-state index is 9.02. The Balaban J connectivity index is 1.74. The van der Waals surface area contributed by atoms with Crippen LogP contribution in [0.15, 0.2) is 17.5 Å². The lowest BCUT2D eigenvalue weighted by atomic mass is 9.87. The highest BCUT2D eigenvalue weighted by atomic mass is 32.1. The number of nitrogens with zero attached hydrogens (tertiary/aromatic N) is 1. The molecular weight excluding hydrogens is 218 g/mol. The molecular formula is C13H17NOS. The average Bonchev–Trinajstić information content (AvgIpc) is 2.83. The summed E-state index contributed by atoms with van der Waals surface area (Å²) in [5, 5.41) is 11.1. The highest BCUT2D eigenvalue weighted by Crippen LogP contribution is 2.26. The summed E-state index contributed by atoms with van der Waals surface area (Å²) in [6, 6.07) is 6.58. The van der Waals surface area contributed by atoms with E-state index in [-0.39, 0.29) is 12.0 Å². The average molecular weight is 235 g/mol. The van der Waals surface area contributed by atoms with Crippen molar-refractivity contribution in [1.82, 2.24) is 0 Å². The van der Waals surface area contributed by atoms with Crippen molar-refractivity contribution in [1.29, 1.82) is 5.26 Å². The van der Waals surface area contributed by atoms with Gasteiger partial charge in [-0.05, 0) is 24.3 Å². The van der Waals surface area contributed by atoms with Gasteiger partial charge in [-0.1, -0.05) is 18.9 Å². The van der Waals surface area contributed by atoms with Gasteiger partial charge in [-0.25, -0.2) is 0 Å². The monoisotopic (exact) mass is 235 g/mol. The van der Waals surface area contributed by atoms with E-state index < -0.39 is 0 Å². The molecule has 2 rings (SSSR count). The van der Waals surface area contributed by atoms with Crippen LogP contribution in [0.1, 0.15) is 30.6 Å². The fourth-order valence-corrected chi connectivity index (χ4v) is 2.90. The van der Waals surface area contributed by atoms with E-state index >= 15 is 0 Å². The highest BCUT2D eigenvalue weighted by molar-refractivity contribution is 7.09. The summed E-state index contributed by atoms with van der Waals surface area (Å²) >= 11 is 1.77. The molecule has 16 heavy (non-hydrogen) atoms. The second-order valence-corrected chi connectivity index (χ2v) is 5.29. The molecule has 1 aromatic heterocycles. The lowest BCUT2D eigenvalue weighted by molar-refractivity contribution is 0.00791. The minimum Gasteiger partial charge on any atom is -0.376 e. The van der Waals surface area contributed by atoms with Crippen LogP contribution in [-0.4, -0.2) is 12.7 Å². The zero-order valence-corrected chi connectivity index (χ0v) is 10.2. The summed E-state index contributed by atoms with van der Waals surface area (Å²) in [6.07, 6.45) is 5.62. The number of nitriles is 1. The van der Waals surface area contributed by atoms with Gasteiger partial charge < -0.3 is 4.74 Å². The van der Waals surface area contributed by atoms with Crippen LogP contribution < -0.4 is 0 Å². The summed E-state index contributed by atoms with van der Waals surface area (Å²) in [7, 11) is 0. The highest BCUT2D eigenvalue weighted by Gasteiger charge is 2.25. The maximum Gasteiger partial charge on any atom is 0.0733 e. The van der Waals surface area contributed by atoms with Crippen molar-refractivity contribution >= 4 is 11.3 Å². The Labute approximate surface area is 101 Å². The molecule has 1 aliphatic rings. The van der Waals surface area contributed by atoms with Crippen LogP contribution in [0, 0.1) is 17.2 Å². The zero-order chi connectivity index (χ0) is 11.2. The quantitative estimate of drug-likeness (QED) is 0.801. The van der Waals surface area contributed by atoms with E-state index in [4.69, 9.17) is 10.00 Å². The van der Waals surface area contributed by atoms with E-state index in [1.165, 1.54) is 17.7 Å². The Hall–Kier alpha value is -0.850. The molecule has 86 valence electrons. The molecule has 0 radical (unpaired) electrons. The largest absolute Gasteiger partial charge is 0.376 e. The van der Waals surface area contributed by atoms with Crippen LogP contribution >= 0.6 is 11.3 Å². The van der Waals surface area contributed by atoms with Gasteiger partial charge in [-0.3, -0.25) is 0 Å². The van der Waals surface area contributed by atoms with Crippen LogP contribution in [0.2, 0.25) is 0 Å². The Kier molecular flexibility index (Phi) is 4.38. The van der Waals surface area contributed by atoms with Crippen LogP contribution in [0.4, 0.5) is 0 Å². The minimum absolute atomic E-state index is 0.122. The number of ether oxygens (including phenoxy) is 1. The molecule has 0 N–H and O–H groups in total. The third kappa shape index (κ3) is 3.07. The third-order valence-corrected chi connectivity index (χ3v) is 4.07. The Morgan fingerprint density at radius 1 is 1.44 bits per heavy atom. The zero-order valence-electron chi connectivity index (χ0n) is 9.39. The fourth-order valence-electron chi connectivity index (χ4n) is 2.21. The van der Waals surface area contributed by atoms with Gasteiger partial charge in [0.2, 0.25) is 0 Å². The van der Waals surface area contributed by atoms with Crippen LogP contribution in [0.3, 0.4) is 0 Å².